The van der Waals surface area contributed by atoms with E-state index in [9.17, 15) is 4.79 Å². The van der Waals surface area contributed by atoms with Crippen LogP contribution in [0.15, 0.2) is 23.4 Å². The Morgan fingerprint density at radius 2 is 1.95 bits per heavy atom. The minimum atomic E-state index is 0.155. The number of aromatic amines is 1. The number of rotatable bonds is 5. The van der Waals surface area contributed by atoms with Crippen molar-refractivity contribution >= 4 is 28.7 Å². The Kier molecular flexibility index (Phi) is 4.93. The minimum absolute atomic E-state index is 0.155. The zero-order chi connectivity index (χ0) is 15.6. The summed E-state index contributed by atoms with van der Waals surface area (Å²) in [7, 11) is 0. The highest BCUT2D eigenvalue weighted by Gasteiger charge is 2.20. The molecular weight excluding hydrogens is 282 g/mol. The maximum Gasteiger partial charge on any atom is 0.233 e. The molecule has 0 unspecified atom stereocenters. The lowest BCUT2D eigenvalue weighted by Crippen LogP contribution is -2.43. The summed E-state index contributed by atoms with van der Waals surface area (Å²) in [6, 6.07) is 6.50. The Balaban J connectivity index is 2.07. The van der Waals surface area contributed by atoms with Crippen LogP contribution in [0.25, 0.3) is 11.0 Å². The Morgan fingerprint density at radius 3 is 2.52 bits per heavy atom. The number of para-hydroxylation sites is 1. The number of carbonyl (C=O) groups excluding carboxylic acids is 1. The van der Waals surface area contributed by atoms with Gasteiger partial charge in [0.05, 0.1) is 16.8 Å². The van der Waals surface area contributed by atoms with Gasteiger partial charge in [-0.2, -0.15) is 0 Å². The third-order valence-corrected chi connectivity index (χ3v) is 4.28. The van der Waals surface area contributed by atoms with Crippen LogP contribution in [0.1, 0.15) is 33.3 Å². The van der Waals surface area contributed by atoms with Crippen molar-refractivity contribution in [1.29, 1.82) is 0 Å². The van der Waals surface area contributed by atoms with E-state index in [0.717, 1.165) is 21.8 Å². The summed E-state index contributed by atoms with van der Waals surface area (Å²) in [6.07, 6.45) is 0. The van der Waals surface area contributed by atoms with E-state index in [-0.39, 0.29) is 18.0 Å². The average Bonchev–Trinajstić information content (AvgIpc) is 2.80. The number of nitrogens with one attached hydrogen (secondary N) is 1. The predicted molar refractivity (Wildman–Crippen MR) is 88.7 cm³/mol. The van der Waals surface area contributed by atoms with Gasteiger partial charge in [0, 0.05) is 12.1 Å². The van der Waals surface area contributed by atoms with Gasteiger partial charge in [-0.3, -0.25) is 4.79 Å². The summed E-state index contributed by atoms with van der Waals surface area (Å²) in [5, 5.41) is 0.806. The quantitative estimate of drug-likeness (QED) is 0.859. The van der Waals surface area contributed by atoms with Gasteiger partial charge in [0.15, 0.2) is 5.16 Å². The number of amides is 1. The fourth-order valence-corrected chi connectivity index (χ4v) is 3.35. The van der Waals surface area contributed by atoms with Gasteiger partial charge in [-0.25, -0.2) is 4.98 Å². The first-order valence-electron chi connectivity index (χ1n) is 7.29. The first kappa shape index (κ1) is 15.9. The average molecular weight is 305 g/mol. The second-order valence-electron chi connectivity index (χ2n) is 5.79. The van der Waals surface area contributed by atoms with Gasteiger partial charge in [0.2, 0.25) is 5.91 Å². The van der Waals surface area contributed by atoms with Gasteiger partial charge in [-0.15, -0.1) is 0 Å². The van der Waals surface area contributed by atoms with Crippen molar-refractivity contribution in [3.8, 4) is 0 Å². The van der Waals surface area contributed by atoms with Crippen molar-refractivity contribution in [1.82, 2.24) is 14.9 Å². The summed E-state index contributed by atoms with van der Waals surface area (Å²) in [5.41, 5.74) is 3.15. The molecule has 2 aromatic rings. The number of H-pyrrole nitrogens is 1. The molecule has 0 saturated carbocycles. The van der Waals surface area contributed by atoms with Gasteiger partial charge in [-0.05, 0) is 46.2 Å². The van der Waals surface area contributed by atoms with Crippen LogP contribution in [0, 0.1) is 6.92 Å². The fourth-order valence-electron chi connectivity index (χ4n) is 2.60. The van der Waals surface area contributed by atoms with Crippen molar-refractivity contribution in [2.24, 2.45) is 0 Å². The molecule has 0 spiro atoms. The van der Waals surface area contributed by atoms with E-state index < -0.39 is 0 Å². The fraction of sp³-hybridized carbons (Fsp3) is 0.500. The molecule has 0 aliphatic rings. The van der Waals surface area contributed by atoms with Gasteiger partial charge >= 0.3 is 0 Å². The normalized spacial score (nSPS) is 11.6. The molecule has 1 amide bonds. The van der Waals surface area contributed by atoms with E-state index in [1.165, 1.54) is 11.8 Å². The molecule has 5 heteroatoms. The van der Waals surface area contributed by atoms with E-state index in [1.54, 1.807) is 0 Å². The molecule has 21 heavy (non-hydrogen) atoms. The van der Waals surface area contributed by atoms with Crippen LogP contribution in [-0.4, -0.2) is 38.6 Å². The molecule has 0 saturated heterocycles. The first-order chi connectivity index (χ1) is 9.90. The lowest BCUT2D eigenvalue weighted by Gasteiger charge is -2.30. The second-order valence-corrected chi connectivity index (χ2v) is 6.75. The number of benzene rings is 1. The highest BCUT2D eigenvalue weighted by atomic mass is 32.2. The number of imidazole rings is 1. The predicted octanol–water partition coefficient (Wildman–Crippen LogP) is 3.61. The number of carbonyl (C=O) groups is 1. The van der Waals surface area contributed by atoms with E-state index in [2.05, 4.69) is 9.97 Å². The highest BCUT2D eigenvalue weighted by molar-refractivity contribution is 7.99. The van der Waals surface area contributed by atoms with Gasteiger partial charge in [-0.1, -0.05) is 23.9 Å². The highest BCUT2D eigenvalue weighted by Crippen LogP contribution is 2.22. The lowest BCUT2D eigenvalue weighted by molar-refractivity contribution is -0.131. The Morgan fingerprint density at radius 1 is 1.29 bits per heavy atom. The molecule has 0 aliphatic heterocycles. The maximum absolute atomic E-state index is 12.3. The van der Waals surface area contributed by atoms with Crippen LogP contribution in [0.4, 0.5) is 0 Å². The van der Waals surface area contributed by atoms with E-state index in [1.807, 2.05) is 57.7 Å². The van der Waals surface area contributed by atoms with Gasteiger partial charge in [0.1, 0.15) is 0 Å². The van der Waals surface area contributed by atoms with Gasteiger partial charge < -0.3 is 9.88 Å². The summed E-state index contributed by atoms with van der Waals surface area (Å²) in [6.45, 7) is 10.2. The number of aromatic nitrogens is 2. The molecule has 1 aromatic heterocycles. The zero-order valence-electron chi connectivity index (χ0n) is 13.3. The van der Waals surface area contributed by atoms with Crippen molar-refractivity contribution in [2.45, 2.75) is 51.9 Å². The number of hydrogen-bond donors (Lipinski definition) is 1. The smallest absolute Gasteiger partial charge is 0.233 e. The monoisotopic (exact) mass is 305 g/mol. The summed E-state index contributed by atoms with van der Waals surface area (Å²) in [4.78, 5) is 22.1. The van der Waals surface area contributed by atoms with Crippen molar-refractivity contribution in [2.75, 3.05) is 5.75 Å². The van der Waals surface area contributed by atoms with Crippen LogP contribution in [0.2, 0.25) is 0 Å². The Labute approximate surface area is 130 Å². The maximum atomic E-state index is 12.3. The molecule has 114 valence electrons. The van der Waals surface area contributed by atoms with E-state index in [0.29, 0.717) is 5.75 Å². The van der Waals surface area contributed by atoms with Crippen molar-refractivity contribution in [3.05, 3.63) is 23.8 Å². The number of hydrogen-bond acceptors (Lipinski definition) is 3. The largest absolute Gasteiger partial charge is 0.337 e. The SMILES string of the molecule is Cc1cccc2[nH]c(SCC(=O)N(C(C)C)C(C)C)nc12. The molecule has 2 rings (SSSR count). The topological polar surface area (TPSA) is 49.0 Å². The third-order valence-electron chi connectivity index (χ3n) is 3.43. The number of nitrogens with zero attached hydrogens (tertiary/aromatic N) is 2. The summed E-state index contributed by atoms with van der Waals surface area (Å²) in [5.74, 6) is 0.567. The minimum Gasteiger partial charge on any atom is -0.337 e. The van der Waals surface area contributed by atoms with Crippen LogP contribution in [0.5, 0.6) is 0 Å². The van der Waals surface area contributed by atoms with Gasteiger partial charge in [0.25, 0.3) is 0 Å². The molecule has 1 N–H and O–H groups in total. The van der Waals surface area contributed by atoms with Crippen molar-refractivity contribution in [3.63, 3.8) is 0 Å². The molecule has 0 aliphatic carbocycles. The number of aryl methyl sites for hydroxylation is 1. The molecule has 0 bridgehead atoms. The second kappa shape index (κ2) is 6.52. The standard InChI is InChI=1S/C16H23N3OS/c1-10(2)19(11(3)4)14(20)9-21-16-17-13-8-6-7-12(5)15(13)18-16/h6-8,10-11H,9H2,1-5H3,(H,17,18). The molecule has 4 nitrogen and oxygen atoms in total. The summed E-state index contributed by atoms with van der Waals surface area (Å²) < 4.78 is 0. The Bertz CT molecular complexity index is 625. The first-order valence-corrected chi connectivity index (χ1v) is 8.28. The van der Waals surface area contributed by atoms with Crippen LogP contribution < -0.4 is 0 Å². The van der Waals surface area contributed by atoms with Crippen LogP contribution in [0.3, 0.4) is 0 Å². The zero-order valence-corrected chi connectivity index (χ0v) is 14.1. The molecular formula is C16H23N3OS. The third kappa shape index (κ3) is 3.59. The number of fused-ring (bicyclic) bond motifs is 1. The van der Waals surface area contributed by atoms with Crippen molar-refractivity contribution < 1.29 is 4.79 Å². The summed E-state index contributed by atoms with van der Waals surface area (Å²) >= 11 is 1.47. The lowest BCUT2D eigenvalue weighted by atomic mass is 10.2. The van der Waals surface area contributed by atoms with Crippen LogP contribution in [-0.2, 0) is 4.79 Å². The van der Waals surface area contributed by atoms with Crippen LogP contribution >= 0.6 is 11.8 Å². The molecule has 1 heterocycles. The number of thioether (sulfide) groups is 1. The Hall–Kier alpha value is -1.49. The molecule has 0 atom stereocenters. The molecule has 1 aromatic carbocycles. The molecule has 0 fully saturated rings. The van der Waals surface area contributed by atoms with E-state index >= 15 is 0 Å². The van der Waals surface area contributed by atoms with E-state index in [4.69, 9.17) is 0 Å². The molecule has 0 radical (unpaired) electrons.